The summed E-state index contributed by atoms with van der Waals surface area (Å²) in [6, 6.07) is 9.97. The number of benzene rings is 1. The van der Waals surface area contributed by atoms with Gasteiger partial charge in [-0.2, -0.15) is 11.8 Å². The molecule has 0 N–H and O–H groups in total. The van der Waals surface area contributed by atoms with Gasteiger partial charge in [0, 0.05) is 14.5 Å². The van der Waals surface area contributed by atoms with Crippen LogP contribution in [0.3, 0.4) is 0 Å². The summed E-state index contributed by atoms with van der Waals surface area (Å²) in [5.41, 5.74) is 0. The standard InChI is InChI=1S/C6H5Br.C5H10S/c7-6-4-2-1-3-5-6;1-4-5(2,3)6-4/h1-5H;4H,1-3H3. The van der Waals surface area contributed by atoms with E-state index in [9.17, 15) is 0 Å². The Morgan fingerprint density at radius 3 is 1.77 bits per heavy atom. The Morgan fingerprint density at radius 2 is 1.62 bits per heavy atom. The molecular weight excluding hydrogens is 244 g/mol. The second kappa shape index (κ2) is 4.52. The predicted molar refractivity (Wildman–Crippen MR) is 65.3 cm³/mol. The lowest BCUT2D eigenvalue weighted by Gasteiger charge is -1.88. The van der Waals surface area contributed by atoms with Crippen molar-refractivity contribution in [2.75, 3.05) is 0 Å². The smallest absolute Gasteiger partial charge is 0.0223 e. The fourth-order valence-corrected chi connectivity index (χ4v) is 1.98. The van der Waals surface area contributed by atoms with E-state index in [1.165, 1.54) is 0 Å². The number of halogens is 1. The van der Waals surface area contributed by atoms with Crippen LogP contribution in [0.5, 0.6) is 0 Å². The molecule has 1 aliphatic heterocycles. The third-order valence-corrected chi connectivity index (χ3v) is 4.31. The highest BCUT2D eigenvalue weighted by atomic mass is 79.9. The third kappa shape index (κ3) is 4.19. The molecule has 72 valence electrons. The van der Waals surface area contributed by atoms with Gasteiger partial charge in [0.25, 0.3) is 0 Å². The summed E-state index contributed by atoms with van der Waals surface area (Å²) in [5.74, 6) is 0. The molecule has 0 aliphatic carbocycles. The van der Waals surface area contributed by atoms with Crippen LogP contribution in [-0.2, 0) is 0 Å². The lowest BCUT2D eigenvalue weighted by atomic mass is 10.2. The van der Waals surface area contributed by atoms with Crippen molar-refractivity contribution in [2.45, 2.75) is 30.8 Å². The average molecular weight is 259 g/mol. The summed E-state index contributed by atoms with van der Waals surface area (Å²) < 4.78 is 1.76. The zero-order chi connectivity index (χ0) is 9.90. The number of hydrogen-bond donors (Lipinski definition) is 0. The highest BCUT2D eigenvalue weighted by Crippen LogP contribution is 2.52. The summed E-state index contributed by atoms with van der Waals surface area (Å²) in [7, 11) is 0. The first-order chi connectivity index (χ1) is 6.02. The normalized spacial score (nSPS) is 22.9. The van der Waals surface area contributed by atoms with Gasteiger partial charge in [-0.05, 0) is 26.0 Å². The highest BCUT2D eigenvalue weighted by Gasteiger charge is 2.42. The van der Waals surface area contributed by atoms with E-state index in [0.29, 0.717) is 4.75 Å². The molecule has 1 aromatic rings. The Morgan fingerprint density at radius 1 is 1.23 bits per heavy atom. The number of thioether (sulfide) groups is 1. The van der Waals surface area contributed by atoms with E-state index in [2.05, 4.69) is 36.7 Å². The molecule has 0 amide bonds. The van der Waals surface area contributed by atoms with Crippen LogP contribution in [0.2, 0.25) is 0 Å². The molecular formula is C11H15BrS. The molecule has 2 heteroatoms. The maximum absolute atomic E-state index is 3.31. The van der Waals surface area contributed by atoms with Crippen molar-refractivity contribution in [2.24, 2.45) is 0 Å². The molecule has 1 unspecified atom stereocenters. The predicted octanol–water partition coefficient (Wildman–Crippen LogP) is 4.35. The molecule has 1 atom stereocenters. The van der Waals surface area contributed by atoms with Crippen molar-refractivity contribution < 1.29 is 0 Å². The van der Waals surface area contributed by atoms with Crippen molar-refractivity contribution >= 4 is 27.7 Å². The second-order valence-electron chi connectivity index (χ2n) is 3.66. The minimum absolute atomic E-state index is 0.625. The highest BCUT2D eigenvalue weighted by molar-refractivity contribution is 9.10. The van der Waals surface area contributed by atoms with Crippen LogP contribution in [-0.4, -0.2) is 10.00 Å². The van der Waals surface area contributed by atoms with Crippen LogP contribution >= 0.6 is 27.7 Å². The molecule has 0 aromatic heterocycles. The van der Waals surface area contributed by atoms with Gasteiger partial charge in [-0.1, -0.05) is 41.1 Å². The van der Waals surface area contributed by atoms with Gasteiger partial charge < -0.3 is 0 Å². The van der Waals surface area contributed by atoms with Gasteiger partial charge in [-0.15, -0.1) is 0 Å². The molecule has 1 fully saturated rings. The van der Waals surface area contributed by atoms with Gasteiger partial charge in [0.2, 0.25) is 0 Å². The van der Waals surface area contributed by atoms with Gasteiger partial charge in [-0.25, -0.2) is 0 Å². The monoisotopic (exact) mass is 258 g/mol. The minimum Gasteiger partial charge on any atom is -0.150 e. The zero-order valence-corrected chi connectivity index (χ0v) is 10.7. The van der Waals surface area contributed by atoms with Gasteiger partial charge >= 0.3 is 0 Å². The lowest BCUT2D eigenvalue weighted by molar-refractivity contribution is 0.802. The second-order valence-corrected chi connectivity index (χ2v) is 6.57. The van der Waals surface area contributed by atoms with E-state index in [0.717, 1.165) is 9.72 Å². The van der Waals surface area contributed by atoms with Gasteiger partial charge in [0.15, 0.2) is 0 Å². The van der Waals surface area contributed by atoms with Crippen LogP contribution in [0, 0.1) is 0 Å². The number of rotatable bonds is 0. The minimum atomic E-state index is 0.625. The Labute approximate surface area is 93.2 Å². The van der Waals surface area contributed by atoms with Crippen LogP contribution in [0.4, 0.5) is 0 Å². The maximum Gasteiger partial charge on any atom is 0.0223 e. The first kappa shape index (κ1) is 11.1. The first-order valence-corrected chi connectivity index (χ1v) is 6.08. The van der Waals surface area contributed by atoms with Crippen molar-refractivity contribution in [1.82, 2.24) is 0 Å². The first-order valence-electron chi connectivity index (χ1n) is 4.41. The molecule has 2 rings (SSSR count). The van der Waals surface area contributed by atoms with E-state index in [1.54, 1.807) is 0 Å². The molecule has 0 radical (unpaired) electrons. The van der Waals surface area contributed by atoms with Crippen molar-refractivity contribution in [3.63, 3.8) is 0 Å². The number of hydrogen-bond acceptors (Lipinski definition) is 1. The Kier molecular flexibility index (Phi) is 3.87. The fourth-order valence-electron chi connectivity index (χ4n) is 0.836. The molecule has 1 aliphatic rings. The molecule has 1 aromatic carbocycles. The van der Waals surface area contributed by atoms with E-state index in [1.807, 2.05) is 42.1 Å². The van der Waals surface area contributed by atoms with E-state index in [4.69, 9.17) is 0 Å². The summed E-state index contributed by atoms with van der Waals surface area (Å²) >= 11 is 5.36. The van der Waals surface area contributed by atoms with Crippen LogP contribution in [0.25, 0.3) is 0 Å². The SMILES string of the molecule is Brc1ccccc1.CC1SC1(C)C. The van der Waals surface area contributed by atoms with Gasteiger partial charge in [-0.3, -0.25) is 0 Å². The summed E-state index contributed by atoms with van der Waals surface area (Å²) in [6.07, 6.45) is 0. The van der Waals surface area contributed by atoms with Crippen molar-refractivity contribution in [3.8, 4) is 0 Å². The van der Waals surface area contributed by atoms with Crippen molar-refractivity contribution in [1.29, 1.82) is 0 Å². The van der Waals surface area contributed by atoms with Crippen LogP contribution in [0.1, 0.15) is 20.8 Å². The Balaban J connectivity index is 0.000000132. The molecule has 0 saturated carbocycles. The largest absolute Gasteiger partial charge is 0.150 e. The quantitative estimate of drug-likeness (QED) is 0.624. The topological polar surface area (TPSA) is 0 Å². The Bertz CT molecular complexity index is 256. The van der Waals surface area contributed by atoms with Crippen molar-refractivity contribution in [3.05, 3.63) is 34.8 Å². The molecule has 1 saturated heterocycles. The van der Waals surface area contributed by atoms with Gasteiger partial charge in [0.1, 0.15) is 0 Å². The average Bonchev–Trinajstić information content (AvgIpc) is 2.59. The van der Waals surface area contributed by atoms with Crippen LogP contribution in [0.15, 0.2) is 34.8 Å². The van der Waals surface area contributed by atoms with Gasteiger partial charge in [0.05, 0.1) is 0 Å². The molecule has 13 heavy (non-hydrogen) atoms. The fraction of sp³-hybridized carbons (Fsp3) is 0.455. The third-order valence-electron chi connectivity index (χ3n) is 2.14. The Hall–Kier alpha value is 0.0500. The lowest BCUT2D eigenvalue weighted by Crippen LogP contribution is -1.96. The summed E-state index contributed by atoms with van der Waals surface area (Å²) in [5, 5.41) is 0.914. The maximum atomic E-state index is 3.31. The molecule has 0 bridgehead atoms. The van der Waals surface area contributed by atoms with Crippen LogP contribution < -0.4 is 0 Å². The summed E-state index contributed by atoms with van der Waals surface area (Å²) in [6.45, 7) is 6.83. The van der Waals surface area contributed by atoms with E-state index < -0.39 is 0 Å². The molecule has 1 heterocycles. The molecule has 0 nitrogen and oxygen atoms in total. The summed E-state index contributed by atoms with van der Waals surface area (Å²) in [4.78, 5) is 0. The molecule has 0 spiro atoms. The van der Waals surface area contributed by atoms with E-state index in [-0.39, 0.29) is 0 Å². The van der Waals surface area contributed by atoms with E-state index >= 15 is 0 Å². The zero-order valence-electron chi connectivity index (χ0n) is 8.25.